The van der Waals surface area contributed by atoms with E-state index < -0.39 is 17.8 Å². The zero-order valence-electron chi connectivity index (χ0n) is 22.3. The van der Waals surface area contributed by atoms with Crippen molar-refractivity contribution in [2.75, 3.05) is 12.4 Å². The number of hydrogen-bond donors (Lipinski definition) is 1. The van der Waals surface area contributed by atoms with Crippen LogP contribution in [0.4, 0.5) is 23.4 Å². The van der Waals surface area contributed by atoms with Gasteiger partial charge in [-0.1, -0.05) is 24.3 Å². The molecule has 1 N–H and O–H groups in total. The SMILES string of the molecule is COc1ncnc(C2CC2)c1-c1nc(NCc2ccc(-c3nc(C(F)(F)F)cn3C(C)C)cc2)c2nc(F)cn2n1. The van der Waals surface area contributed by atoms with Gasteiger partial charge in [0.25, 0.3) is 0 Å². The van der Waals surface area contributed by atoms with Gasteiger partial charge in [0.15, 0.2) is 23.0 Å². The molecule has 10 nitrogen and oxygen atoms in total. The number of hydrogen-bond acceptors (Lipinski definition) is 8. The minimum Gasteiger partial charge on any atom is -0.480 e. The summed E-state index contributed by atoms with van der Waals surface area (Å²) in [4.78, 5) is 21.1. The van der Waals surface area contributed by atoms with Crippen molar-refractivity contribution < 1.29 is 22.3 Å². The van der Waals surface area contributed by atoms with Crippen molar-refractivity contribution in [2.45, 2.75) is 51.4 Å². The smallest absolute Gasteiger partial charge is 0.434 e. The molecule has 1 aliphatic rings. The third-order valence-corrected chi connectivity index (χ3v) is 6.76. The van der Waals surface area contributed by atoms with Gasteiger partial charge < -0.3 is 14.6 Å². The maximum Gasteiger partial charge on any atom is 0.434 e. The standard InChI is InChI=1S/C27H25F4N9O/c1-14(2)39-11-18(27(29,30)31)35-24(39)17-6-4-15(5-7-17)10-32-23-25-36-19(28)12-40(25)38-22(37-23)20-21(16-8-9-16)33-13-34-26(20)41-3/h4-7,11-14,16H,8-10H2,1-3H3,(H,32,37,38). The van der Waals surface area contributed by atoms with Crippen LogP contribution in [0.2, 0.25) is 0 Å². The van der Waals surface area contributed by atoms with E-state index in [4.69, 9.17) is 4.74 Å². The van der Waals surface area contributed by atoms with Crippen LogP contribution in [0.25, 0.3) is 28.4 Å². The van der Waals surface area contributed by atoms with Gasteiger partial charge in [0.2, 0.25) is 11.8 Å². The minimum atomic E-state index is -4.54. The average Bonchev–Trinajstić information content (AvgIpc) is 3.56. The summed E-state index contributed by atoms with van der Waals surface area (Å²) in [5, 5.41) is 7.65. The number of nitrogens with one attached hydrogen (secondary N) is 1. The zero-order chi connectivity index (χ0) is 28.9. The van der Waals surface area contributed by atoms with Crippen LogP contribution in [0.15, 0.2) is 43.0 Å². The molecule has 1 aromatic carbocycles. The highest BCUT2D eigenvalue weighted by atomic mass is 19.4. The van der Waals surface area contributed by atoms with E-state index in [1.54, 1.807) is 38.1 Å². The van der Waals surface area contributed by atoms with Crippen molar-refractivity contribution in [1.82, 2.24) is 39.1 Å². The Balaban J connectivity index is 1.31. The summed E-state index contributed by atoms with van der Waals surface area (Å²) >= 11 is 0. The molecule has 0 aliphatic heterocycles. The van der Waals surface area contributed by atoms with Gasteiger partial charge in [0.1, 0.15) is 17.7 Å². The van der Waals surface area contributed by atoms with Crippen LogP contribution < -0.4 is 10.1 Å². The fraction of sp³-hybridized carbons (Fsp3) is 0.333. The van der Waals surface area contributed by atoms with Crippen molar-refractivity contribution in [3.05, 3.63) is 65.9 Å². The average molecular weight is 568 g/mol. The van der Waals surface area contributed by atoms with Crippen LogP contribution in [-0.2, 0) is 12.7 Å². The Hall–Kier alpha value is -4.62. The summed E-state index contributed by atoms with van der Waals surface area (Å²) in [6, 6.07) is 6.76. The summed E-state index contributed by atoms with van der Waals surface area (Å²) in [6.45, 7) is 3.86. The summed E-state index contributed by atoms with van der Waals surface area (Å²) in [5.41, 5.74) is 1.91. The van der Waals surface area contributed by atoms with Gasteiger partial charge in [0.05, 0.1) is 19.0 Å². The largest absolute Gasteiger partial charge is 0.480 e. The maximum absolute atomic E-state index is 14.2. The van der Waals surface area contributed by atoms with Crippen LogP contribution in [0.3, 0.4) is 0 Å². The Morgan fingerprint density at radius 2 is 1.80 bits per heavy atom. The number of alkyl halides is 3. The number of benzene rings is 1. The van der Waals surface area contributed by atoms with Gasteiger partial charge in [-0.15, -0.1) is 5.10 Å². The molecule has 0 radical (unpaired) electrons. The van der Waals surface area contributed by atoms with Crippen LogP contribution in [0, 0.1) is 5.95 Å². The normalized spacial score (nSPS) is 13.8. The Morgan fingerprint density at radius 3 is 2.46 bits per heavy atom. The molecule has 6 rings (SSSR count). The third-order valence-electron chi connectivity index (χ3n) is 6.76. The molecule has 1 saturated carbocycles. The fourth-order valence-electron chi connectivity index (χ4n) is 4.59. The first-order chi connectivity index (χ1) is 19.6. The molecule has 0 bridgehead atoms. The minimum absolute atomic E-state index is 0.185. The van der Waals surface area contributed by atoms with E-state index in [0.717, 1.165) is 36.5 Å². The third kappa shape index (κ3) is 5.16. The van der Waals surface area contributed by atoms with Crippen LogP contribution in [0.5, 0.6) is 5.88 Å². The Kier molecular flexibility index (Phi) is 6.54. The lowest BCUT2D eigenvalue weighted by atomic mass is 10.1. The molecule has 14 heteroatoms. The number of halogens is 4. The molecule has 4 aromatic heterocycles. The van der Waals surface area contributed by atoms with Crippen molar-refractivity contribution >= 4 is 11.5 Å². The highest BCUT2D eigenvalue weighted by molar-refractivity contribution is 5.71. The molecule has 0 unspecified atom stereocenters. The summed E-state index contributed by atoms with van der Waals surface area (Å²) in [5.74, 6) is 0.605. The first-order valence-electron chi connectivity index (χ1n) is 12.9. The van der Waals surface area contributed by atoms with E-state index in [1.807, 2.05) is 0 Å². The molecule has 0 spiro atoms. The predicted octanol–water partition coefficient (Wildman–Crippen LogP) is 5.68. The van der Waals surface area contributed by atoms with E-state index >= 15 is 0 Å². The molecular formula is C27H25F4N9O. The second-order valence-corrected chi connectivity index (χ2v) is 10.0. The van der Waals surface area contributed by atoms with Gasteiger partial charge in [-0.25, -0.2) is 24.5 Å². The van der Waals surface area contributed by atoms with Crippen LogP contribution in [-0.4, -0.2) is 46.2 Å². The number of aromatic nitrogens is 8. The second kappa shape index (κ2) is 10.1. The zero-order valence-corrected chi connectivity index (χ0v) is 22.3. The van der Waals surface area contributed by atoms with Gasteiger partial charge in [-0.3, -0.25) is 0 Å². The number of anilines is 1. The van der Waals surface area contributed by atoms with Crippen LogP contribution >= 0.6 is 0 Å². The van der Waals surface area contributed by atoms with Crippen molar-refractivity contribution in [1.29, 1.82) is 0 Å². The van der Waals surface area contributed by atoms with Crippen molar-refractivity contribution in [2.24, 2.45) is 0 Å². The lowest BCUT2D eigenvalue weighted by Gasteiger charge is -2.13. The lowest BCUT2D eigenvalue weighted by molar-refractivity contribution is -0.140. The molecule has 4 heterocycles. The van der Waals surface area contributed by atoms with Gasteiger partial charge >= 0.3 is 6.18 Å². The van der Waals surface area contributed by atoms with Crippen LogP contribution in [0.1, 0.15) is 55.6 Å². The predicted molar refractivity (Wildman–Crippen MR) is 141 cm³/mol. The summed E-state index contributed by atoms with van der Waals surface area (Å²) in [6.07, 6.45) is 1.03. The maximum atomic E-state index is 14.2. The number of fused-ring (bicyclic) bond motifs is 1. The number of ether oxygens (including phenoxy) is 1. The van der Waals surface area contributed by atoms with Crippen molar-refractivity contribution in [3.8, 4) is 28.7 Å². The molecule has 212 valence electrons. The molecule has 41 heavy (non-hydrogen) atoms. The lowest BCUT2D eigenvalue weighted by Crippen LogP contribution is -2.09. The molecular weight excluding hydrogens is 542 g/mol. The first-order valence-corrected chi connectivity index (χ1v) is 12.9. The number of methoxy groups -OCH3 is 1. The molecule has 1 aliphatic carbocycles. The Bertz CT molecular complexity index is 1720. The molecule has 0 saturated heterocycles. The quantitative estimate of drug-likeness (QED) is 0.239. The summed E-state index contributed by atoms with van der Waals surface area (Å²) in [7, 11) is 1.50. The molecule has 1 fully saturated rings. The summed E-state index contributed by atoms with van der Waals surface area (Å²) < 4.78 is 62.4. The number of rotatable bonds is 8. The highest BCUT2D eigenvalue weighted by Crippen LogP contribution is 2.45. The number of nitrogens with zero attached hydrogens (tertiary/aromatic N) is 8. The second-order valence-electron chi connectivity index (χ2n) is 10.0. The topological polar surface area (TPSA) is 108 Å². The Morgan fingerprint density at radius 1 is 1.05 bits per heavy atom. The van der Waals surface area contributed by atoms with Gasteiger partial charge in [0, 0.05) is 30.3 Å². The fourth-order valence-corrected chi connectivity index (χ4v) is 4.59. The first kappa shape index (κ1) is 26.6. The monoisotopic (exact) mass is 567 g/mol. The van der Waals surface area contributed by atoms with Gasteiger partial charge in [-0.05, 0) is 32.3 Å². The van der Waals surface area contributed by atoms with E-state index in [9.17, 15) is 17.6 Å². The molecule has 5 aromatic rings. The Labute approximate surface area is 231 Å². The number of imidazole rings is 2. The van der Waals surface area contributed by atoms with Gasteiger partial charge in [-0.2, -0.15) is 22.5 Å². The van der Waals surface area contributed by atoms with E-state index in [-0.39, 0.29) is 41.6 Å². The van der Waals surface area contributed by atoms with E-state index in [0.29, 0.717) is 17.0 Å². The van der Waals surface area contributed by atoms with Crippen molar-refractivity contribution in [3.63, 3.8) is 0 Å². The van der Waals surface area contributed by atoms with E-state index in [2.05, 4.69) is 35.3 Å². The molecule has 0 atom stereocenters. The molecule has 0 amide bonds. The highest BCUT2D eigenvalue weighted by Gasteiger charge is 2.35. The van der Waals surface area contributed by atoms with E-state index in [1.165, 1.54) is 22.5 Å².